The fourth-order valence-corrected chi connectivity index (χ4v) is 4.21. The first kappa shape index (κ1) is 18.3. The third kappa shape index (κ3) is 4.62. The third-order valence-corrected chi connectivity index (χ3v) is 5.72. The number of nitrogens with one attached hydrogen (secondary N) is 1. The topological polar surface area (TPSA) is 63.2 Å². The first-order valence-corrected chi connectivity index (χ1v) is 10.1. The van der Waals surface area contributed by atoms with Gasteiger partial charge in [-0.2, -0.15) is 0 Å². The van der Waals surface area contributed by atoms with E-state index in [-0.39, 0.29) is 0 Å². The number of rotatable bonds is 5. The molecule has 0 saturated carbocycles. The fourth-order valence-electron chi connectivity index (χ4n) is 4.21. The maximum atomic E-state index is 5.51. The zero-order chi connectivity index (χ0) is 18.5. The van der Waals surface area contributed by atoms with E-state index >= 15 is 0 Å². The summed E-state index contributed by atoms with van der Waals surface area (Å²) in [6.45, 7) is 7.33. The number of anilines is 2. The molecule has 4 rings (SSSR count). The van der Waals surface area contributed by atoms with E-state index in [2.05, 4.69) is 33.2 Å². The molecular weight excluding hydrogens is 338 g/mol. The van der Waals surface area contributed by atoms with Gasteiger partial charge >= 0.3 is 0 Å². The number of aromatic nitrogens is 3. The van der Waals surface area contributed by atoms with Crippen molar-refractivity contribution < 1.29 is 4.74 Å². The maximum absolute atomic E-state index is 5.51. The zero-order valence-corrected chi connectivity index (χ0v) is 16.1. The molecule has 0 aliphatic carbocycles. The van der Waals surface area contributed by atoms with Crippen molar-refractivity contribution in [2.45, 2.75) is 38.5 Å². The van der Waals surface area contributed by atoms with Gasteiger partial charge in [-0.25, -0.2) is 9.97 Å². The first-order chi connectivity index (χ1) is 13.3. The minimum Gasteiger partial charge on any atom is -0.381 e. The first-order valence-electron chi connectivity index (χ1n) is 10.1. The lowest BCUT2D eigenvalue weighted by Crippen LogP contribution is -2.39. The highest BCUT2D eigenvalue weighted by Gasteiger charge is 2.27. The number of ether oxygens (including phenoxy) is 1. The second-order valence-electron chi connectivity index (χ2n) is 7.74. The summed E-state index contributed by atoms with van der Waals surface area (Å²) < 4.78 is 5.51. The molecule has 1 atom stereocenters. The van der Waals surface area contributed by atoms with Crippen molar-refractivity contribution >= 4 is 11.6 Å². The average molecular weight is 367 g/mol. The van der Waals surface area contributed by atoms with Crippen LogP contribution in [0, 0.1) is 12.8 Å². The van der Waals surface area contributed by atoms with Crippen molar-refractivity contribution in [3.8, 4) is 0 Å². The van der Waals surface area contributed by atoms with Crippen LogP contribution in [0.1, 0.15) is 42.9 Å². The maximum Gasteiger partial charge on any atom is 0.153 e. The summed E-state index contributed by atoms with van der Waals surface area (Å²) in [7, 11) is 0. The standard InChI is InChI=1S/C21H29N5O/c1-16-4-2-8-23-20(16)25-21-19(22-9-10-24-21)18-5-3-11-26(15-18)14-17-6-12-27-13-7-17/h2,4,8-10,17-18H,3,5-7,11-15H2,1H3,(H,23,24,25)/t18-/m0/s1. The van der Waals surface area contributed by atoms with Crippen molar-refractivity contribution in [1.29, 1.82) is 0 Å². The molecule has 144 valence electrons. The van der Waals surface area contributed by atoms with E-state index in [1.54, 1.807) is 6.20 Å². The van der Waals surface area contributed by atoms with E-state index in [1.807, 2.05) is 18.5 Å². The van der Waals surface area contributed by atoms with Gasteiger partial charge in [-0.1, -0.05) is 6.07 Å². The summed E-state index contributed by atoms with van der Waals surface area (Å²) >= 11 is 0. The summed E-state index contributed by atoms with van der Waals surface area (Å²) in [5.41, 5.74) is 2.18. The Hall–Kier alpha value is -2.05. The monoisotopic (exact) mass is 367 g/mol. The van der Waals surface area contributed by atoms with E-state index in [4.69, 9.17) is 9.72 Å². The molecule has 4 heterocycles. The lowest BCUT2D eigenvalue weighted by atomic mass is 9.92. The Morgan fingerprint density at radius 2 is 1.89 bits per heavy atom. The number of hydrogen-bond acceptors (Lipinski definition) is 6. The number of hydrogen-bond donors (Lipinski definition) is 1. The molecule has 0 bridgehead atoms. The van der Waals surface area contributed by atoms with Gasteiger partial charge in [0, 0.05) is 50.8 Å². The lowest BCUT2D eigenvalue weighted by molar-refractivity contribution is 0.0482. The molecule has 6 heteroatoms. The molecule has 2 aliphatic heterocycles. The van der Waals surface area contributed by atoms with Gasteiger partial charge in [0.1, 0.15) is 5.82 Å². The van der Waals surface area contributed by atoms with E-state index in [9.17, 15) is 0 Å². The summed E-state index contributed by atoms with van der Waals surface area (Å²) in [6.07, 6.45) is 10.1. The summed E-state index contributed by atoms with van der Waals surface area (Å²) in [4.78, 5) is 16.4. The van der Waals surface area contributed by atoms with Crippen molar-refractivity contribution in [3.05, 3.63) is 42.0 Å². The average Bonchev–Trinajstić information content (AvgIpc) is 2.71. The highest BCUT2D eigenvalue weighted by atomic mass is 16.5. The normalized spacial score (nSPS) is 21.9. The Kier molecular flexibility index (Phi) is 5.94. The number of likely N-dealkylation sites (tertiary alicyclic amines) is 1. The van der Waals surface area contributed by atoms with Crippen molar-refractivity contribution in [2.75, 3.05) is 38.2 Å². The Labute approximate surface area is 161 Å². The predicted molar refractivity (Wildman–Crippen MR) is 106 cm³/mol. The molecular formula is C21H29N5O. The van der Waals surface area contributed by atoms with Gasteiger partial charge < -0.3 is 15.0 Å². The smallest absolute Gasteiger partial charge is 0.153 e. The zero-order valence-electron chi connectivity index (χ0n) is 16.1. The quantitative estimate of drug-likeness (QED) is 0.872. The molecule has 1 N–H and O–H groups in total. The largest absolute Gasteiger partial charge is 0.381 e. The second-order valence-corrected chi connectivity index (χ2v) is 7.74. The van der Waals surface area contributed by atoms with Crippen LogP contribution in [0.3, 0.4) is 0 Å². The predicted octanol–water partition coefficient (Wildman–Crippen LogP) is 3.53. The minimum atomic E-state index is 0.416. The van der Waals surface area contributed by atoms with Crippen LogP contribution in [0.4, 0.5) is 11.6 Å². The van der Waals surface area contributed by atoms with Gasteiger partial charge in [0.2, 0.25) is 0 Å². The van der Waals surface area contributed by atoms with Crippen LogP contribution >= 0.6 is 0 Å². The van der Waals surface area contributed by atoms with Gasteiger partial charge in [-0.3, -0.25) is 4.98 Å². The molecule has 2 aliphatic rings. The molecule has 0 radical (unpaired) electrons. The number of nitrogens with zero attached hydrogens (tertiary/aromatic N) is 4. The van der Waals surface area contributed by atoms with Crippen LogP contribution in [0.25, 0.3) is 0 Å². The second kappa shape index (κ2) is 8.76. The van der Waals surface area contributed by atoms with E-state index < -0.39 is 0 Å². The van der Waals surface area contributed by atoms with Crippen LogP contribution in [0.15, 0.2) is 30.7 Å². The fraction of sp³-hybridized carbons (Fsp3) is 0.571. The molecule has 0 spiro atoms. The molecule has 2 aromatic heterocycles. The van der Waals surface area contributed by atoms with Gasteiger partial charge in [0.05, 0.1) is 5.69 Å². The molecule has 2 fully saturated rings. The Balaban J connectivity index is 1.47. The molecule has 6 nitrogen and oxygen atoms in total. The SMILES string of the molecule is Cc1cccnc1Nc1nccnc1[C@H]1CCCN(CC2CCOCC2)C1. The van der Waals surface area contributed by atoms with Crippen LogP contribution < -0.4 is 5.32 Å². The minimum absolute atomic E-state index is 0.416. The number of aryl methyl sites for hydroxylation is 1. The van der Waals surface area contributed by atoms with Crippen LogP contribution in [-0.4, -0.2) is 52.7 Å². The molecule has 0 amide bonds. The molecule has 2 saturated heterocycles. The van der Waals surface area contributed by atoms with Crippen LogP contribution in [0.2, 0.25) is 0 Å². The Bertz CT molecular complexity index is 747. The van der Waals surface area contributed by atoms with Gasteiger partial charge in [0.25, 0.3) is 0 Å². The molecule has 0 unspecified atom stereocenters. The van der Waals surface area contributed by atoms with Crippen molar-refractivity contribution in [3.63, 3.8) is 0 Å². The number of piperidine rings is 1. The van der Waals surface area contributed by atoms with Crippen molar-refractivity contribution in [2.24, 2.45) is 5.92 Å². The van der Waals surface area contributed by atoms with Gasteiger partial charge in [-0.05, 0) is 56.7 Å². The summed E-state index contributed by atoms with van der Waals surface area (Å²) in [5.74, 6) is 2.89. The van der Waals surface area contributed by atoms with E-state index in [1.165, 1.54) is 38.8 Å². The summed E-state index contributed by atoms with van der Waals surface area (Å²) in [5, 5.41) is 3.41. The molecule has 27 heavy (non-hydrogen) atoms. The molecule has 0 aromatic carbocycles. The van der Waals surface area contributed by atoms with Crippen LogP contribution in [0.5, 0.6) is 0 Å². The Morgan fingerprint density at radius 1 is 1.07 bits per heavy atom. The molecule has 2 aromatic rings. The third-order valence-electron chi connectivity index (χ3n) is 5.72. The van der Waals surface area contributed by atoms with Crippen LogP contribution in [-0.2, 0) is 4.74 Å². The van der Waals surface area contributed by atoms with Crippen molar-refractivity contribution in [1.82, 2.24) is 19.9 Å². The van der Waals surface area contributed by atoms with E-state index in [0.717, 1.165) is 48.6 Å². The highest BCUT2D eigenvalue weighted by Crippen LogP contribution is 2.31. The highest BCUT2D eigenvalue weighted by molar-refractivity contribution is 5.57. The van der Waals surface area contributed by atoms with E-state index in [0.29, 0.717) is 5.92 Å². The van der Waals surface area contributed by atoms with Gasteiger partial charge in [0.15, 0.2) is 5.82 Å². The van der Waals surface area contributed by atoms with Gasteiger partial charge in [-0.15, -0.1) is 0 Å². The number of pyridine rings is 1. The summed E-state index contributed by atoms with van der Waals surface area (Å²) in [6, 6.07) is 4.01. The Morgan fingerprint density at radius 3 is 2.74 bits per heavy atom. The lowest BCUT2D eigenvalue weighted by Gasteiger charge is -2.36.